The van der Waals surface area contributed by atoms with E-state index in [1.54, 1.807) is 5.57 Å². The van der Waals surface area contributed by atoms with Crippen LogP contribution in [0.1, 0.15) is 66.2 Å². The Morgan fingerprint density at radius 1 is 1.30 bits per heavy atom. The minimum Gasteiger partial charge on any atom is -0.0846 e. The van der Waals surface area contributed by atoms with E-state index in [9.17, 15) is 0 Å². The smallest absolute Gasteiger partial charge is 0.0846 e. The standard InChI is InChI=1S/C22H37B/c1-17-6-5-7-21(9-8-20(14-17)16-23-12-13-23)18(2)10-11-22(4)15-19(22)3/h8-9,14,18-21H,5-7,10-13,15-16H2,1-4H3. The maximum absolute atomic E-state index is 2.62. The lowest BCUT2D eigenvalue weighted by molar-refractivity contribution is 0.324. The molecule has 0 bridgehead atoms. The van der Waals surface area contributed by atoms with Crippen LogP contribution >= 0.6 is 0 Å². The molecule has 1 aliphatic heterocycles. The highest BCUT2D eigenvalue weighted by atomic mass is 14.5. The Kier molecular flexibility index (Phi) is 5.44. The molecule has 128 valence electrons. The Hall–Kier alpha value is -0.455. The molecule has 2 fully saturated rings. The predicted molar refractivity (Wildman–Crippen MR) is 104 cm³/mol. The fourth-order valence-corrected chi connectivity index (χ4v) is 4.62. The number of hydrogen-bond donors (Lipinski definition) is 0. The van der Waals surface area contributed by atoms with Crippen molar-refractivity contribution in [2.24, 2.45) is 29.1 Å². The van der Waals surface area contributed by atoms with E-state index in [0.29, 0.717) is 5.41 Å². The highest BCUT2D eigenvalue weighted by Gasteiger charge is 2.45. The summed E-state index contributed by atoms with van der Waals surface area (Å²) < 4.78 is 0. The van der Waals surface area contributed by atoms with Crippen molar-refractivity contribution in [3.63, 3.8) is 0 Å². The molecule has 0 aromatic rings. The Morgan fingerprint density at radius 3 is 2.70 bits per heavy atom. The Morgan fingerprint density at radius 2 is 2.04 bits per heavy atom. The summed E-state index contributed by atoms with van der Waals surface area (Å²) in [6, 6.07) is 0. The molecule has 23 heavy (non-hydrogen) atoms. The van der Waals surface area contributed by atoms with Crippen molar-refractivity contribution in [1.82, 2.24) is 0 Å². The van der Waals surface area contributed by atoms with Gasteiger partial charge in [0.05, 0.1) is 0 Å². The van der Waals surface area contributed by atoms with Crippen LogP contribution in [0.3, 0.4) is 0 Å². The van der Waals surface area contributed by atoms with Crippen LogP contribution < -0.4 is 0 Å². The molecule has 0 N–H and O–H groups in total. The molecule has 0 amide bonds. The SMILES string of the molecule is CC1=CC(CB2CC2)C=CC(C(C)CCC2(C)CC2C)CCC1. The molecule has 3 aliphatic rings. The minimum atomic E-state index is 0.684. The first kappa shape index (κ1) is 17.4. The quantitative estimate of drug-likeness (QED) is 0.370. The first-order chi connectivity index (χ1) is 11.0. The van der Waals surface area contributed by atoms with E-state index in [0.717, 1.165) is 30.4 Å². The predicted octanol–water partition coefficient (Wildman–Crippen LogP) is 6.88. The maximum Gasteiger partial charge on any atom is 0.139 e. The van der Waals surface area contributed by atoms with Gasteiger partial charge in [0.15, 0.2) is 0 Å². The zero-order valence-corrected chi connectivity index (χ0v) is 16.0. The molecule has 0 aromatic heterocycles. The van der Waals surface area contributed by atoms with E-state index >= 15 is 0 Å². The average molecular weight is 312 g/mol. The van der Waals surface area contributed by atoms with Crippen molar-refractivity contribution in [3.05, 3.63) is 23.8 Å². The third-order valence-electron chi connectivity index (χ3n) is 7.22. The largest absolute Gasteiger partial charge is 0.139 e. The zero-order valence-electron chi connectivity index (χ0n) is 16.0. The summed E-state index contributed by atoms with van der Waals surface area (Å²) in [5.74, 6) is 3.36. The summed E-state index contributed by atoms with van der Waals surface area (Å²) in [6.45, 7) is 10.8. The molecule has 1 heteroatoms. The van der Waals surface area contributed by atoms with E-state index in [1.165, 1.54) is 57.5 Å². The van der Waals surface area contributed by atoms with Gasteiger partial charge in [0, 0.05) is 0 Å². The second-order valence-corrected chi connectivity index (χ2v) is 9.57. The summed E-state index contributed by atoms with van der Waals surface area (Å²) in [5.41, 5.74) is 2.32. The van der Waals surface area contributed by atoms with Crippen molar-refractivity contribution < 1.29 is 0 Å². The lowest BCUT2D eigenvalue weighted by atomic mass is 9.63. The Balaban J connectivity index is 1.56. The van der Waals surface area contributed by atoms with Gasteiger partial charge in [0.2, 0.25) is 0 Å². The van der Waals surface area contributed by atoms with Crippen LogP contribution in [0.4, 0.5) is 0 Å². The molecule has 1 saturated carbocycles. The van der Waals surface area contributed by atoms with Crippen LogP contribution in [0.5, 0.6) is 0 Å². The van der Waals surface area contributed by atoms with Crippen LogP contribution in [-0.2, 0) is 0 Å². The van der Waals surface area contributed by atoms with E-state index in [4.69, 9.17) is 0 Å². The first-order valence-electron chi connectivity index (χ1n) is 10.3. The average Bonchev–Trinajstić information content (AvgIpc) is 3.40. The van der Waals surface area contributed by atoms with Crippen LogP contribution in [0, 0.1) is 29.1 Å². The van der Waals surface area contributed by atoms with Gasteiger partial charge in [0.1, 0.15) is 6.71 Å². The molecular formula is C22H37B. The number of rotatable bonds is 6. The highest BCUT2D eigenvalue weighted by molar-refractivity contribution is 6.69. The fraction of sp³-hybridized carbons (Fsp3) is 0.818. The molecule has 2 aliphatic carbocycles. The van der Waals surface area contributed by atoms with Gasteiger partial charge in [-0.15, -0.1) is 0 Å². The van der Waals surface area contributed by atoms with Crippen LogP contribution in [0.15, 0.2) is 23.8 Å². The summed E-state index contributed by atoms with van der Waals surface area (Å²) in [4.78, 5) is 0. The Bertz CT molecular complexity index is 459. The molecule has 5 unspecified atom stereocenters. The third kappa shape index (κ3) is 5.01. The summed E-state index contributed by atoms with van der Waals surface area (Å²) >= 11 is 0. The van der Waals surface area contributed by atoms with Gasteiger partial charge in [-0.05, 0) is 74.5 Å². The van der Waals surface area contributed by atoms with Gasteiger partial charge < -0.3 is 0 Å². The summed E-state index contributed by atoms with van der Waals surface area (Å²) in [5, 5.41) is 0. The van der Waals surface area contributed by atoms with Gasteiger partial charge in [-0.3, -0.25) is 0 Å². The van der Waals surface area contributed by atoms with Crippen molar-refractivity contribution in [2.45, 2.75) is 85.2 Å². The van der Waals surface area contributed by atoms with Gasteiger partial charge in [-0.2, -0.15) is 0 Å². The van der Waals surface area contributed by atoms with Crippen molar-refractivity contribution >= 4 is 6.71 Å². The normalized spacial score (nSPS) is 38.3. The van der Waals surface area contributed by atoms with Crippen molar-refractivity contribution in [1.29, 1.82) is 0 Å². The molecule has 0 nitrogen and oxygen atoms in total. The second kappa shape index (κ2) is 7.20. The highest BCUT2D eigenvalue weighted by Crippen LogP contribution is 2.55. The summed E-state index contributed by atoms with van der Waals surface area (Å²) in [6.07, 6.45) is 20.6. The minimum absolute atomic E-state index is 0.684. The van der Waals surface area contributed by atoms with Crippen molar-refractivity contribution in [2.75, 3.05) is 0 Å². The second-order valence-electron chi connectivity index (χ2n) is 9.57. The molecule has 0 aromatic carbocycles. The lowest BCUT2D eigenvalue weighted by Gasteiger charge is -2.23. The van der Waals surface area contributed by atoms with Crippen LogP contribution in [0.2, 0.25) is 19.0 Å². The van der Waals surface area contributed by atoms with Gasteiger partial charge >= 0.3 is 0 Å². The monoisotopic (exact) mass is 312 g/mol. The first-order valence-corrected chi connectivity index (χ1v) is 10.3. The van der Waals surface area contributed by atoms with Gasteiger partial charge in [-0.25, -0.2) is 0 Å². The topological polar surface area (TPSA) is 0 Å². The molecular weight excluding hydrogens is 275 g/mol. The maximum atomic E-state index is 2.62. The van der Waals surface area contributed by atoms with E-state index < -0.39 is 0 Å². The third-order valence-corrected chi connectivity index (χ3v) is 7.22. The van der Waals surface area contributed by atoms with Crippen molar-refractivity contribution in [3.8, 4) is 0 Å². The number of hydrogen-bond acceptors (Lipinski definition) is 0. The molecule has 1 heterocycles. The van der Waals surface area contributed by atoms with Gasteiger partial charge in [0.25, 0.3) is 0 Å². The van der Waals surface area contributed by atoms with E-state index in [-0.39, 0.29) is 0 Å². The van der Waals surface area contributed by atoms with Crippen LogP contribution in [-0.4, -0.2) is 6.71 Å². The molecule has 1 saturated heterocycles. The van der Waals surface area contributed by atoms with Crippen LogP contribution in [0.25, 0.3) is 0 Å². The summed E-state index contributed by atoms with van der Waals surface area (Å²) in [7, 11) is 0. The number of allylic oxidation sites excluding steroid dienone is 4. The lowest BCUT2D eigenvalue weighted by Crippen LogP contribution is -2.12. The molecule has 5 atom stereocenters. The van der Waals surface area contributed by atoms with E-state index in [1.807, 2.05) is 0 Å². The van der Waals surface area contributed by atoms with Gasteiger partial charge in [-0.1, -0.05) is 63.5 Å². The Labute approximate surface area is 145 Å². The fourth-order valence-electron chi connectivity index (χ4n) is 4.62. The zero-order chi connectivity index (χ0) is 16.4. The molecule has 3 rings (SSSR count). The molecule has 0 spiro atoms. The van der Waals surface area contributed by atoms with E-state index in [2.05, 4.69) is 45.9 Å². The molecule has 0 radical (unpaired) electrons.